The van der Waals surface area contributed by atoms with Crippen LogP contribution in [-0.4, -0.2) is 25.7 Å². The monoisotopic (exact) mass is 318 g/mol. The molecule has 0 amide bonds. The molecule has 21 heavy (non-hydrogen) atoms. The molecular formula is C14H14N4OS2. The molecular weight excluding hydrogens is 304 g/mol. The summed E-state index contributed by atoms with van der Waals surface area (Å²) in [6.45, 7) is 3.90. The summed E-state index contributed by atoms with van der Waals surface area (Å²) < 4.78 is 1.25. The maximum absolute atomic E-state index is 12.5. The maximum atomic E-state index is 12.5. The first-order valence-corrected chi connectivity index (χ1v) is 8.66. The first-order valence-electron chi connectivity index (χ1n) is 6.85. The van der Waals surface area contributed by atoms with Crippen molar-refractivity contribution < 1.29 is 0 Å². The number of rotatable bonds is 1. The molecule has 0 unspecified atom stereocenters. The molecule has 0 saturated heterocycles. The average molecular weight is 318 g/mol. The van der Waals surface area contributed by atoms with Gasteiger partial charge in [0.1, 0.15) is 4.83 Å². The number of hydrogen-bond acceptors (Lipinski definition) is 5. The number of aromatic nitrogens is 4. The normalized spacial score (nSPS) is 14.6. The molecule has 2 N–H and O–H groups in total. The van der Waals surface area contributed by atoms with Crippen molar-refractivity contribution in [2.45, 2.75) is 30.9 Å². The summed E-state index contributed by atoms with van der Waals surface area (Å²) in [4.78, 5) is 28.4. The van der Waals surface area contributed by atoms with Crippen molar-refractivity contribution in [2.24, 2.45) is 0 Å². The Morgan fingerprint density at radius 2 is 1.95 bits per heavy atom. The summed E-state index contributed by atoms with van der Waals surface area (Å²) in [5, 5.41) is 0.769. The minimum atomic E-state index is -0.0540. The van der Waals surface area contributed by atoms with Crippen LogP contribution in [-0.2, 0) is 6.42 Å². The minimum absolute atomic E-state index is 0.0540. The molecule has 0 radical (unpaired) electrons. The van der Waals surface area contributed by atoms with Crippen LogP contribution in [0.4, 0.5) is 0 Å². The third kappa shape index (κ3) is 2.03. The standard InChI is InChI=1S/C14H14N4OS2/c1-6-7(2)16-10(15-6)11-17-12(19)9-8-4-3-5-20-14(8)21-13(9)18-11/h3-5H2,1-2H3,(H,15,16)(H,17,18,19). The molecule has 4 rings (SSSR count). The Morgan fingerprint density at radius 3 is 2.71 bits per heavy atom. The summed E-state index contributed by atoms with van der Waals surface area (Å²) >= 11 is 3.46. The number of thioether (sulfide) groups is 1. The van der Waals surface area contributed by atoms with E-state index in [-0.39, 0.29) is 5.56 Å². The van der Waals surface area contributed by atoms with E-state index in [1.165, 1.54) is 9.77 Å². The first kappa shape index (κ1) is 13.1. The van der Waals surface area contributed by atoms with Crippen LogP contribution >= 0.6 is 23.1 Å². The summed E-state index contributed by atoms with van der Waals surface area (Å²) in [6, 6.07) is 0. The maximum Gasteiger partial charge on any atom is 0.260 e. The topological polar surface area (TPSA) is 74.4 Å². The number of thiophene rings is 1. The number of aryl methyl sites for hydroxylation is 3. The van der Waals surface area contributed by atoms with E-state index in [0.29, 0.717) is 11.6 Å². The molecule has 3 aromatic rings. The summed E-state index contributed by atoms with van der Waals surface area (Å²) in [6.07, 6.45) is 2.10. The Hall–Kier alpha value is -1.60. The largest absolute Gasteiger partial charge is 0.339 e. The third-order valence-corrected chi connectivity index (χ3v) is 6.31. The zero-order valence-electron chi connectivity index (χ0n) is 11.7. The van der Waals surface area contributed by atoms with E-state index in [0.717, 1.165) is 40.2 Å². The molecule has 1 aliphatic rings. The highest BCUT2D eigenvalue weighted by molar-refractivity contribution is 8.01. The van der Waals surface area contributed by atoms with Gasteiger partial charge in [0, 0.05) is 5.69 Å². The van der Waals surface area contributed by atoms with Gasteiger partial charge in [0.05, 0.1) is 15.3 Å². The van der Waals surface area contributed by atoms with Gasteiger partial charge in [0.25, 0.3) is 5.56 Å². The molecule has 0 spiro atoms. The number of aromatic amines is 2. The Kier molecular flexibility index (Phi) is 2.93. The van der Waals surface area contributed by atoms with Gasteiger partial charge in [-0.2, -0.15) is 0 Å². The zero-order chi connectivity index (χ0) is 14.6. The van der Waals surface area contributed by atoms with Gasteiger partial charge < -0.3 is 9.97 Å². The predicted octanol–water partition coefficient (Wildman–Crippen LogP) is 3.03. The van der Waals surface area contributed by atoms with Crippen molar-refractivity contribution in [2.75, 3.05) is 5.75 Å². The number of nitrogens with one attached hydrogen (secondary N) is 2. The molecule has 4 heterocycles. The van der Waals surface area contributed by atoms with Gasteiger partial charge >= 0.3 is 0 Å². The first-order chi connectivity index (χ1) is 10.1. The SMILES string of the molecule is Cc1nc(-c2nc3sc4c(c3c(=O)[nH]2)CCCS4)[nH]c1C. The number of hydrogen-bond donors (Lipinski definition) is 2. The van der Waals surface area contributed by atoms with E-state index in [1.54, 1.807) is 11.3 Å². The van der Waals surface area contributed by atoms with Gasteiger partial charge in [-0.25, -0.2) is 9.97 Å². The molecule has 108 valence electrons. The number of fused-ring (bicyclic) bond motifs is 3. The lowest BCUT2D eigenvalue weighted by atomic mass is 10.1. The van der Waals surface area contributed by atoms with Gasteiger partial charge in [-0.3, -0.25) is 4.79 Å². The molecule has 0 fully saturated rings. The van der Waals surface area contributed by atoms with E-state index in [1.807, 2.05) is 25.6 Å². The second-order valence-corrected chi connectivity index (χ2v) is 7.57. The summed E-state index contributed by atoms with van der Waals surface area (Å²) in [5.41, 5.74) is 3.04. The quantitative estimate of drug-likeness (QED) is 0.723. The summed E-state index contributed by atoms with van der Waals surface area (Å²) in [7, 11) is 0. The molecule has 3 aromatic heterocycles. The molecule has 0 saturated carbocycles. The zero-order valence-corrected chi connectivity index (χ0v) is 13.4. The number of imidazole rings is 1. The molecule has 0 bridgehead atoms. The van der Waals surface area contributed by atoms with Crippen LogP contribution in [0.3, 0.4) is 0 Å². The van der Waals surface area contributed by atoms with E-state index >= 15 is 0 Å². The fraction of sp³-hybridized carbons (Fsp3) is 0.357. The van der Waals surface area contributed by atoms with Gasteiger partial charge in [0.15, 0.2) is 11.6 Å². The summed E-state index contributed by atoms with van der Waals surface area (Å²) in [5.74, 6) is 2.27. The predicted molar refractivity (Wildman–Crippen MR) is 86.3 cm³/mol. The molecule has 5 nitrogen and oxygen atoms in total. The van der Waals surface area contributed by atoms with Crippen molar-refractivity contribution in [3.63, 3.8) is 0 Å². The smallest absolute Gasteiger partial charge is 0.260 e. The lowest BCUT2D eigenvalue weighted by Crippen LogP contribution is -2.11. The number of nitrogens with zero attached hydrogens (tertiary/aromatic N) is 2. The van der Waals surface area contributed by atoms with E-state index in [9.17, 15) is 4.79 Å². The third-order valence-electron chi connectivity index (χ3n) is 3.78. The van der Waals surface area contributed by atoms with Crippen LogP contribution in [0.1, 0.15) is 23.4 Å². The van der Waals surface area contributed by atoms with Gasteiger partial charge in [-0.1, -0.05) is 0 Å². The molecule has 1 aliphatic heterocycles. The minimum Gasteiger partial charge on any atom is -0.339 e. The Balaban J connectivity index is 1.95. The Bertz CT molecular complexity index is 886. The molecule has 7 heteroatoms. The van der Waals surface area contributed by atoms with Crippen LogP contribution in [0.5, 0.6) is 0 Å². The highest BCUT2D eigenvalue weighted by Crippen LogP contribution is 2.40. The van der Waals surface area contributed by atoms with Gasteiger partial charge in [-0.15, -0.1) is 23.1 Å². The Labute approximate surface area is 129 Å². The van der Waals surface area contributed by atoms with Crippen LogP contribution in [0, 0.1) is 13.8 Å². The second kappa shape index (κ2) is 4.71. The fourth-order valence-electron chi connectivity index (χ4n) is 2.57. The average Bonchev–Trinajstić information content (AvgIpc) is 2.99. The molecule has 0 atom stereocenters. The van der Waals surface area contributed by atoms with Crippen LogP contribution < -0.4 is 5.56 Å². The van der Waals surface area contributed by atoms with Crippen LogP contribution in [0.25, 0.3) is 21.9 Å². The second-order valence-electron chi connectivity index (χ2n) is 5.21. The van der Waals surface area contributed by atoms with Crippen molar-refractivity contribution in [1.82, 2.24) is 19.9 Å². The molecule has 0 aliphatic carbocycles. The Morgan fingerprint density at radius 1 is 1.14 bits per heavy atom. The highest BCUT2D eigenvalue weighted by atomic mass is 32.2. The van der Waals surface area contributed by atoms with Crippen molar-refractivity contribution in [3.05, 3.63) is 27.3 Å². The lowest BCUT2D eigenvalue weighted by Gasteiger charge is -2.08. The van der Waals surface area contributed by atoms with Gasteiger partial charge in [0.2, 0.25) is 0 Å². The van der Waals surface area contributed by atoms with Crippen molar-refractivity contribution in [3.8, 4) is 11.6 Å². The van der Waals surface area contributed by atoms with E-state index in [2.05, 4.69) is 19.9 Å². The number of H-pyrrole nitrogens is 2. The van der Waals surface area contributed by atoms with Crippen molar-refractivity contribution >= 4 is 33.3 Å². The van der Waals surface area contributed by atoms with E-state index in [4.69, 9.17) is 0 Å². The van der Waals surface area contributed by atoms with Crippen molar-refractivity contribution in [1.29, 1.82) is 0 Å². The fourth-order valence-corrected chi connectivity index (χ4v) is 5.11. The highest BCUT2D eigenvalue weighted by Gasteiger charge is 2.21. The van der Waals surface area contributed by atoms with Crippen LogP contribution in [0.2, 0.25) is 0 Å². The van der Waals surface area contributed by atoms with Gasteiger partial charge in [-0.05, 0) is 38.0 Å². The van der Waals surface area contributed by atoms with Crippen LogP contribution in [0.15, 0.2) is 9.00 Å². The van der Waals surface area contributed by atoms with E-state index < -0.39 is 0 Å². The lowest BCUT2D eigenvalue weighted by molar-refractivity contribution is 0.910. The molecule has 0 aromatic carbocycles.